The Morgan fingerprint density at radius 2 is 2.31 bits per heavy atom. The second kappa shape index (κ2) is 6.84. The van der Waals surface area contributed by atoms with Crippen LogP contribution in [0.1, 0.15) is 18.9 Å². The first kappa shape index (κ1) is 13.4. The Labute approximate surface area is 102 Å². The maximum absolute atomic E-state index is 6.07. The molecule has 0 radical (unpaired) electrons. The van der Waals surface area contributed by atoms with Gasteiger partial charge in [-0.3, -0.25) is 4.98 Å². The van der Waals surface area contributed by atoms with Gasteiger partial charge in [-0.2, -0.15) is 0 Å². The summed E-state index contributed by atoms with van der Waals surface area (Å²) in [5.41, 5.74) is 7.13. The highest BCUT2D eigenvalue weighted by atomic mass is 35.5. The van der Waals surface area contributed by atoms with Crippen LogP contribution < -0.4 is 5.73 Å². The summed E-state index contributed by atoms with van der Waals surface area (Å²) in [5.74, 6) is 0.473. The van der Waals surface area contributed by atoms with Gasteiger partial charge in [0.2, 0.25) is 0 Å². The van der Waals surface area contributed by atoms with Gasteiger partial charge < -0.3 is 10.5 Å². The van der Waals surface area contributed by atoms with Gasteiger partial charge >= 0.3 is 0 Å². The van der Waals surface area contributed by atoms with Crippen LogP contribution in [0.25, 0.3) is 0 Å². The molecule has 90 valence electrons. The lowest BCUT2D eigenvalue weighted by Crippen LogP contribution is -2.26. The third kappa shape index (κ3) is 4.47. The number of methoxy groups -OCH3 is 1. The fourth-order valence-corrected chi connectivity index (χ4v) is 2.00. The number of rotatable bonds is 6. The van der Waals surface area contributed by atoms with Gasteiger partial charge in [-0.05, 0) is 30.4 Å². The normalized spacial score (nSPS) is 14.8. The van der Waals surface area contributed by atoms with Gasteiger partial charge in [0, 0.05) is 32.2 Å². The highest BCUT2D eigenvalue weighted by molar-refractivity contribution is 6.31. The molecule has 0 spiro atoms. The maximum Gasteiger partial charge on any atom is 0.0621 e. The smallest absolute Gasteiger partial charge is 0.0621 e. The summed E-state index contributed by atoms with van der Waals surface area (Å²) in [4.78, 5) is 3.95. The van der Waals surface area contributed by atoms with Crippen molar-refractivity contribution in [3.05, 3.63) is 29.0 Å². The molecule has 0 bridgehead atoms. The Balaban J connectivity index is 2.45. The minimum absolute atomic E-state index is 0.116. The van der Waals surface area contributed by atoms with Gasteiger partial charge in [0.1, 0.15) is 0 Å². The molecule has 3 nitrogen and oxygen atoms in total. The van der Waals surface area contributed by atoms with E-state index in [-0.39, 0.29) is 6.04 Å². The van der Waals surface area contributed by atoms with Crippen molar-refractivity contribution in [1.29, 1.82) is 0 Å². The van der Waals surface area contributed by atoms with Crippen molar-refractivity contribution < 1.29 is 4.74 Å². The molecule has 2 N–H and O–H groups in total. The van der Waals surface area contributed by atoms with Gasteiger partial charge in [-0.15, -0.1) is 0 Å². The van der Waals surface area contributed by atoms with Crippen LogP contribution in [0.15, 0.2) is 18.5 Å². The lowest BCUT2D eigenvalue weighted by atomic mass is 9.98. The lowest BCUT2D eigenvalue weighted by Gasteiger charge is -2.17. The monoisotopic (exact) mass is 242 g/mol. The highest BCUT2D eigenvalue weighted by Gasteiger charge is 2.11. The topological polar surface area (TPSA) is 48.1 Å². The molecular weight excluding hydrogens is 224 g/mol. The predicted molar refractivity (Wildman–Crippen MR) is 66.6 cm³/mol. The van der Waals surface area contributed by atoms with Crippen LogP contribution in [0.3, 0.4) is 0 Å². The molecule has 2 unspecified atom stereocenters. The largest absolute Gasteiger partial charge is 0.384 e. The Morgan fingerprint density at radius 1 is 1.56 bits per heavy atom. The first-order chi connectivity index (χ1) is 7.63. The van der Waals surface area contributed by atoms with E-state index in [9.17, 15) is 0 Å². The standard InChI is InChI=1S/C12H19ClN2O/c1-9(8-16-2)5-11(14)6-10-3-4-15-7-12(10)13/h3-4,7,9,11H,5-6,8,14H2,1-2H3. The van der Waals surface area contributed by atoms with Gasteiger partial charge in [0.25, 0.3) is 0 Å². The van der Waals surface area contributed by atoms with Crippen molar-refractivity contribution in [1.82, 2.24) is 4.98 Å². The van der Waals surface area contributed by atoms with Crippen LogP contribution in [-0.4, -0.2) is 24.7 Å². The number of hydrogen-bond acceptors (Lipinski definition) is 3. The van der Waals surface area contributed by atoms with Crippen molar-refractivity contribution in [2.45, 2.75) is 25.8 Å². The number of pyridine rings is 1. The van der Waals surface area contributed by atoms with E-state index < -0.39 is 0 Å². The summed E-state index contributed by atoms with van der Waals surface area (Å²) in [6.45, 7) is 2.88. The quantitative estimate of drug-likeness (QED) is 0.833. The van der Waals surface area contributed by atoms with Crippen molar-refractivity contribution in [2.24, 2.45) is 11.7 Å². The lowest BCUT2D eigenvalue weighted by molar-refractivity contribution is 0.152. The maximum atomic E-state index is 6.07. The number of nitrogens with zero attached hydrogens (tertiary/aromatic N) is 1. The highest BCUT2D eigenvalue weighted by Crippen LogP contribution is 2.17. The molecule has 0 fully saturated rings. The molecule has 4 heteroatoms. The van der Waals surface area contributed by atoms with Gasteiger partial charge in [-0.25, -0.2) is 0 Å². The molecule has 0 aromatic carbocycles. The number of ether oxygens (including phenoxy) is 1. The van der Waals surface area contributed by atoms with Crippen LogP contribution in [0.5, 0.6) is 0 Å². The van der Waals surface area contributed by atoms with Crippen LogP contribution in [0, 0.1) is 5.92 Å². The minimum atomic E-state index is 0.116. The van der Waals surface area contributed by atoms with E-state index in [1.165, 1.54) is 0 Å². The van der Waals surface area contributed by atoms with Crippen molar-refractivity contribution in [3.63, 3.8) is 0 Å². The molecule has 1 rings (SSSR count). The zero-order chi connectivity index (χ0) is 12.0. The van der Waals surface area contributed by atoms with E-state index in [0.29, 0.717) is 10.9 Å². The van der Waals surface area contributed by atoms with Gasteiger partial charge in [-0.1, -0.05) is 18.5 Å². The molecule has 1 heterocycles. The molecular formula is C12H19ClN2O. The summed E-state index contributed by atoms with van der Waals surface area (Å²) in [6, 6.07) is 2.04. The fraction of sp³-hybridized carbons (Fsp3) is 0.583. The zero-order valence-corrected chi connectivity index (χ0v) is 10.6. The third-order valence-corrected chi connectivity index (χ3v) is 2.84. The molecule has 0 aliphatic heterocycles. The summed E-state index contributed by atoms with van der Waals surface area (Å²) in [7, 11) is 1.71. The van der Waals surface area contributed by atoms with E-state index in [0.717, 1.165) is 25.0 Å². The predicted octanol–water partition coefficient (Wildman–Crippen LogP) is 2.28. The van der Waals surface area contributed by atoms with Crippen LogP contribution >= 0.6 is 11.6 Å². The molecule has 1 aromatic rings. The molecule has 1 aromatic heterocycles. The molecule has 2 atom stereocenters. The second-order valence-electron chi connectivity index (χ2n) is 4.23. The SMILES string of the molecule is COCC(C)CC(N)Cc1ccncc1Cl. The fourth-order valence-electron chi connectivity index (χ4n) is 1.80. The van der Waals surface area contributed by atoms with Crippen molar-refractivity contribution >= 4 is 11.6 Å². The second-order valence-corrected chi connectivity index (χ2v) is 4.63. The first-order valence-electron chi connectivity index (χ1n) is 5.46. The van der Waals surface area contributed by atoms with Gasteiger partial charge in [0.15, 0.2) is 0 Å². The van der Waals surface area contributed by atoms with Gasteiger partial charge in [0.05, 0.1) is 5.02 Å². The Kier molecular flexibility index (Phi) is 5.74. The van der Waals surface area contributed by atoms with Crippen molar-refractivity contribution in [3.8, 4) is 0 Å². The number of aromatic nitrogens is 1. The Bertz CT molecular complexity index is 320. The molecule has 0 saturated heterocycles. The van der Waals surface area contributed by atoms with E-state index in [1.807, 2.05) is 6.07 Å². The number of nitrogens with two attached hydrogens (primary N) is 1. The first-order valence-corrected chi connectivity index (χ1v) is 5.84. The summed E-state index contributed by atoms with van der Waals surface area (Å²) < 4.78 is 5.09. The number of hydrogen-bond donors (Lipinski definition) is 1. The number of halogens is 1. The molecule has 0 saturated carbocycles. The average Bonchev–Trinajstić information content (AvgIpc) is 2.21. The van der Waals surface area contributed by atoms with E-state index >= 15 is 0 Å². The van der Waals surface area contributed by atoms with E-state index in [4.69, 9.17) is 22.1 Å². The molecule has 0 aliphatic rings. The summed E-state index contributed by atoms with van der Waals surface area (Å²) >= 11 is 6.02. The van der Waals surface area contributed by atoms with E-state index in [2.05, 4.69) is 11.9 Å². The average molecular weight is 243 g/mol. The van der Waals surface area contributed by atoms with E-state index in [1.54, 1.807) is 19.5 Å². The summed E-state index contributed by atoms with van der Waals surface area (Å²) in [6.07, 6.45) is 5.12. The Hall–Kier alpha value is -0.640. The summed E-state index contributed by atoms with van der Waals surface area (Å²) in [5, 5.41) is 0.692. The van der Waals surface area contributed by atoms with Crippen molar-refractivity contribution in [2.75, 3.05) is 13.7 Å². The zero-order valence-electron chi connectivity index (χ0n) is 9.82. The molecule has 0 amide bonds. The van der Waals surface area contributed by atoms with Crippen LogP contribution in [0.2, 0.25) is 5.02 Å². The molecule has 0 aliphatic carbocycles. The molecule has 16 heavy (non-hydrogen) atoms. The van der Waals surface area contributed by atoms with Crippen LogP contribution in [-0.2, 0) is 11.2 Å². The third-order valence-electron chi connectivity index (χ3n) is 2.49. The van der Waals surface area contributed by atoms with Crippen LogP contribution in [0.4, 0.5) is 0 Å². The Morgan fingerprint density at radius 3 is 2.94 bits per heavy atom. The minimum Gasteiger partial charge on any atom is -0.384 e.